The van der Waals surface area contributed by atoms with Gasteiger partial charge in [0.25, 0.3) is 0 Å². The highest BCUT2D eigenvalue weighted by Crippen LogP contribution is 2.31. The molecule has 1 atom stereocenters. The van der Waals surface area contributed by atoms with E-state index in [4.69, 9.17) is 4.74 Å². The second-order valence-corrected chi connectivity index (χ2v) is 8.41. The van der Waals surface area contributed by atoms with E-state index < -0.39 is 0 Å². The Hall–Kier alpha value is -2.41. The Kier molecular flexibility index (Phi) is 6.09. The Bertz CT molecular complexity index is 955. The number of benzene rings is 1. The summed E-state index contributed by atoms with van der Waals surface area (Å²) in [5.74, 6) is -0.590. The molecule has 3 heterocycles. The Labute approximate surface area is 176 Å². The molecule has 0 spiro atoms. The van der Waals surface area contributed by atoms with E-state index in [1.54, 1.807) is 17.9 Å². The Morgan fingerprint density at radius 1 is 1.27 bits per heavy atom. The number of likely N-dealkylation sites (tertiary alicyclic amines) is 1. The van der Waals surface area contributed by atoms with Gasteiger partial charge in [-0.15, -0.1) is 0 Å². The lowest BCUT2D eigenvalue weighted by molar-refractivity contribution is -0.151. The molecule has 162 valence electrons. The number of carbonyl (C=O) groups is 2. The average molecular weight is 416 g/mol. The third-order valence-corrected chi connectivity index (χ3v) is 6.35. The van der Waals surface area contributed by atoms with E-state index in [0.29, 0.717) is 32.7 Å². The molecule has 1 aromatic carbocycles. The smallest absolute Gasteiger partial charge is 0.310 e. The topological polar surface area (TPSA) is 54.8 Å². The van der Waals surface area contributed by atoms with Gasteiger partial charge in [-0.05, 0) is 50.6 Å². The molecule has 2 aliphatic heterocycles. The molecule has 7 heteroatoms. The standard InChI is InChI=1S/C23H30FN3O3/c1-3-30-23(29)16-5-4-10-26(14-16)22(28)9-12-27-20-7-6-17(24)13-18(20)19-15-25(2)11-8-21(19)27/h6-7,13,16H,3-5,8-12,14-15H2,1-2H3/t16-/m0/s1. The van der Waals surface area contributed by atoms with Crippen LogP contribution in [0.4, 0.5) is 4.39 Å². The van der Waals surface area contributed by atoms with E-state index in [-0.39, 0.29) is 23.6 Å². The number of amides is 1. The molecule has 0 bridgehead atoms. The predicted molar refractivity (Wildman–Crippen MR) is 112 cm³/mol. The fraction of sp³-hybridized carbons (Fsp3) is 0.565. The molecule has 0 N–H and O–H groups in total. The minimum Gasteiger partial charge on any atom is -0.466 e. The average Bonchev–Trinajstić information content (AvgIpc) is 3.04. The van der Waals surface area contributed by atoms with Crippen molar-refractivity contribution in [1.29, 1.82) is 0 Å². The maximum absolute atomic E-state index is 13.9. The third kappa shape index (κ3) is 4.08. The number of halogens is 1. The lowest BCUT2D eigenvalue weighted by atomic mass is 9.98. The molecule has 1 aromatic heterocycles. The van der Waals surface area contributed by atoms with Gasteiger partial charge in [0.2, 0.25) is 5.91 Å². The van der Waals surface area contributed by atoms with Crippen LogP contribution in [-0.2, 0) is 33.8 Å². The van der Waals surface area contributed by atoms with E-state index >= 15 is 0 Å². The summed E-state index contributed by atoms with van der Waals surface area (Å²) in [6.45, 7) is 5.62. The first-order chi connectivity index (χ1) is 14.5. The summed E-state index contributed by atoms with van der Waals surface area (Å²) in [6.07, 6.45) is 2.87. The van der Waals surface area contributed by atoms with Gasteiger partial charge < -0.3 is 19.1 Å². The molecule has 0 radical (unpaired) electrons. The van der Waals surface area contributed by atoms with Crippen LogP contribution < -0.4 is 0 Å². The number of aryl methyl sites for hydroxylation is 1. The van der Waals surface area contributed by atoms with Crippen molar-refractivity contribution < 1.29 is 18.7 Å². The Morgan fingerprint density at radius 2 is 2.10 bits per heavy atom. The molecule has 0 saturated carbocycles. The van der Waals surface area contributed by atoms with Crippen LogP contribution in [-0.4, -0.2) is 59.5 Å². The molecule has 1 fully saturated rings. The minimum absolute atomic E-state index is 0.0645. The quantitative estimate of drug-likeness (QED) is 0.705. The highest BCUT2D eigenvalue weighted by Gasteiger charge is 2.29. The Balaban J connectivity index is 1.50. The van der Waals surface area contributed by atoms with Gasteiger partial charge in [-0.1, -0.05) is 0 Å². The number of rotatable bonds is 5. The lowest BCUT2D eigenvalue weighted by Gasteiger charge is -2.31. The molecule has 1 amide bonds. The monoisotopic (exact) mass is 415 g/mol. The van der Waals surface area contributed by atoms with Gasteiger partial charge in [-0.3, -0.25) is 9.59 Å². The molecule has 6 nitrogen and oxygen atoms in total. The molecular formula is C23H30FN3O3. The Morgan fingerprint density at radius 3 is 2.90 bits per heavy atom. The van der Waals surface area contributed by atoms with Crippen LogP contribution in [0.1, 0.15) is 37.4 Å². The number of piperidine rings is 1. The molecular weight excluding hydrogens is 385 g/mol. The first kappa shape index (κ1) is 20.8. The normalized spacial score (nSPS) is 19.7. The van der Waals surface area contributed by atoms with Gasteiger partial charge in [0, 0.05) is 62.2 Å². The third-order valence-electron chi connectivity index (χ3n) is 6.35. The number of aromatic nitrogens is 1. The van der Waals surface area contributed by atoms with Gasteiger partial charge >= 0.3 is 5.97 Å². The van der Waals surface area contributed by atoms with Crippen LogP contribution in [0.3, 0.4) is 0 Å². The molecule has 0 unspecified atom stereocenters. The zero-order chi connectivity index (χ0) is 21.3. The van der Waals surface area contributed by atoms with Gasteiger partial charge in [-0.2, -0.15) is 0 Å². The highest BCUT2D eigenvalue weighted by molar-refractivity contribution is 5.86. The predicted octanol–water partition coefficient (Wildman–Crippen LogP) is 2.96. The zero-order valence-electron chi connectivity index (χ0n) is 17.8. The second kappa shape index (κ2) is 8.76. The molecule has 4 rings (SSSR count). The van der Waals surface area contributed by atoms with Crippen molar-refractivity contribution in [2.24, 2.45) is 5.92 Å². The SMILES string of the molecule is CCOC(=O)[C@H]1CCCN(C(=O)CCn2c3c(c4cc(F)ccc42)CN(C)CC3)C1. The molecule has 2 aliphatic rings. The maximum atomic E-state index is 13.9. The summed E-state index contributed by atoms with van der Waals surface area (Å²) in [6, 6.07) is 4.93. The van der Waals surface area contributed by atoms with Gasteiger partial charge in [0.05, 0.1) is 12.5 Å². The number of carbonyl (C=O) groups excluding carboxylic acids is 2. The number of nitrogens with zero attached hydrogens (tertiary/aromatic N) is 3. The fourth-order valence-electron chi connectivity index (χ4n) is 4.83. The van der Waals surface area contributed by atoms with Gasteiger partial charge in [0.15, 0.2) is 0 Å². The molecule has 0 aliphatic carbocycles. The summed E-state index contributed by atoms with van der Waals surface area (Å²) in [7, 11) is 2.07. The van der Waals surface area contributed by atoms with Crippen molar-refractivity contribution in [3.8, 4) is 0 Å². The summed E-state index contributed by atoms with van der Waals surface area (Å²) in [5, 5.41) is 0.948. The minimum atomic E-state index is -0.231. The summed E-state index contributed by atoms with van der Waals surface area (Å²) < 4.78 is 21.2. The van der Waals surface area contributed by atoms with E-state index in [1.165, 1.54) is 17.3 Å². The largest absolute Gasteiger partial charge is 0.466 e. The number of fused-ring (bicyclic) bond motifs is 3. The lowest BCUT2D eigenvalue weighted by Crippen LogP contribution is -2.43. The van der Waals surface area contributed by atoms with Crippen LogP contribution in [0.5, 0.6) is 0 Å². The summed E-state index contributed by atoms with van der Waals surface area (Å²) in [5.41, 5.74) is 3.38. The van der Waals surface area contributed by atoms with Crippen LogP contribution in [0, 0.1) is 11.7 Å². The van der Waals surface area contributed by atoms with Crippen molar-refractivity contribution in [1.82, 2.24) is 14.4 Å². The van der Waals surface area contributed by atoms with Crippen LogP contribution in [0.25, 0.3) is 10.9 Å². The molecule has 1 saturated heterocycles. The van der Waals surface area contributed by atoms with Crippen molar-refractivity contribution in [3.63, 3.8) is 0 Å². The number of esters is 1. The van der Waals surface area contributed by atoms with Gasteiger partial charge in [-0.25, -0.2) is 4.39 Å². The van der Waals surface area contributed by atoms with Crippen molar-refractivity contribution in [3.05, 3.63) is 35.3 Å². The number of hydrogen-bond donors (Lipinski definition) is 0. The number of ether oxygens (including phenoxy) is 1. The van der Waals surface area contributed by atoms with Crippen molar-refractivity contribution in [2.75, 3.05) is 33.3 Å². The fourth-order valence-corrected chi connectivity index (χ4v) is 4.83. The van der Waals surface area contributed by atoms with Crippen LogP contribution in [0.2, 0.25) is 0 Å². The number of likely N-dealkylation sites (N-methyl/N-ethyl adjacent to an activating group) is 1. The highest BCUT2D eigenvalue weighted by atomic mass is 19.1. The van der Waals surface area contributed by atoms with E-state index in [0.717, 1.165) is 43.3 Å². The number of hydrogen-bond acceptors (Lipinski definition) is 4. The summed E-state index contributed by atoms with van der Waals surface area (Å²) >= 11 is 0. The first-order valence-corrected chi connectivity index (χ1v) is 10.9. The van der Waals surface area contributed by atoms with Gasteiger partial charge in [0.1, 0.15) is 5.82 Å². The summed E-state index contributed by atoms with van der Waals surface area (Å²) in [4.78, 5) is 29.0. The van der Waals surface area contributed by atoms with Crippen LogP contribution >= 0.6 is 0 Å². The van der Waals surface area contributed by atoms with E-state index in [2.05, 4.69) is 16.5 Å². The van der Waals surface area contributed by atoms with Crippen LogP contribution in [0.15, 0.2) is 18.2 Å². The van der Waals surface area contributed by atoms with E-state index in [9.17, 15) is 14.0 Å². The van der Waals surface area contributed by atoms with E-state index in [1.807, 2.05) is 6.07 Å². The zero-order valence-corrected chi connectivity index (χ0v) is 17.8. The first-order valence-electron chi connectivity index (χ1n) is 10.9. The maximum Gasteiger partial charge on any atom is 0.310 e. The van der Waals surface area contributed by atoms with Crippen molar-refractivity contribution >= 4 is 22.8 Å². The molecule has 2 aromatic rings. The second-order valence-electron chi connectivity index (χ2n) is 8.41. The van der Waals surface area contributed by atoms with Crippen molar-refractivity contribution in [2.45, 2.75) is 45.7 Å². The molecule has 30 heavy (non-hydrogen) atoms.